The van der Waals surface area contributed by atoms with Gasteiger partial charge in [0, 0.05) is 41.8 Å². The largest absolute Gasteiger partial charge is 0.301 e. The highest BCUT2D eigenvalue weighted by atomic mass is 35.5. The van der Waals surface area contributed by atoms with Crippen LogP contribution in [0.2, 0.25) is 10.3 Å². The molecule has 1 aromatic rings. The summed E-state index contributed by atoms with van der Waals surface area (Å²) in [6.07, 6.45) is 0. The van der Waals surface area contributed by atoms with Crippen molar-refractivity contribution in [1.82, 2.24) is 15.1 Å². The normalized spacial score (nSPS) is 17.3. The van der Waals surface area contributed by atoms with Gasteiger partial charge in [0.05, 0.1) is 0 Å². The Morgan fingerprint density at radius 2 is 2.06 bits per heavy atom. The lowest BCUT2D eigenvalue weighted by Gasteiger charge is -2.25. The Balaban J connectivity index is 1.79. The molecule has 1 aliphatic rings. The Kier molecular flexibility index (Phi) is 5.69. The molecule has 0 aliphatic carbocycles. The number of nitrogens with zero attached hydrogens (tertiary/aromatic N) is 3. The van der Waals surface area contributed by atoms with Crippen LogP contribution in [0.5, 0.6) is 0 Å². The van der Waals surface area contributed by atoms with Crippen LogP contribution in [0.1, 0.15) is 0 Å². The molecule has 0 spiro atoms. The molecule has 0 radical (unpaired) electrons. The van der Waals surface area contributed by atoms with Crippen molar-refractivity contribution in [2.45, 2.75) is 4.90 Å². The van der Waals surface area contributed by atoms with Crippen LogP contribution in [0.4, 0.5) is 0 Å². The molecule has 17 heavy (non-hydrogen) atoms. The second-order valence-corrected chi connectivity index (χ2v) is 6.73. The van der Waals surface area contributed by atoms with Gasteiger partial charge in [0.25, 0.3) is 0 Å². The number of rotatable bonds is 4. The van der Waals surface area contributed by atoms with Crippen LogP contribution in [-0.2, 0) is 0 Å². The van der Waals surface area contributed by atoms with Crippen LogP contribution in [-0.4, -0.2) is 52.0 Å². The van der Waals surface area contributed by atoms with E-state index in [9.17, 15) is 0 Å². The van der Waals surface area contributed by atoms with Gasteiger partial charge in [-0.05, 0) is 6.07 Å². The van der Waals surface area contributed by atoms with Gasteiger partial charge < -0.3 is 4.90 Å². The lowest BCUT2D eigenvalue weighted by atomic mass is 10.5. The smallest absolute Gasteiger partial charge is 0.165 e. The minimum Gasteiger partial charge on any atom is -0.301 e. The molecule has 0 saturated carbocycles. The van der Waals surface area contributed by atoms with E-state index < -0.39 is 0 Å². The zero-order valence-electron chi connectivity index (χ0n) is 9.23. The Morgan fingerprint density at radius 1 is 1.29 bits per heavy atom. The second-order valence-electron chi connectivity index (χ2n) is 3.62. The Morgan fingerprint density at radius 3 is 2.82 bits per heavy atom. The fourth-order valence-electron chi connectivity index (χ4n) is 1.55. The average molecular weight is 310 g/mol. The topological polar surface area (TPSA) is 29.0 Å². The van der Waals surface area contributed by atoms with Crippen LogP contribution in [0.25, 0.3) is 0 Å². The highest BCUT2D eigenvalue weighted by Crippen LogP contribution is 2.26. The molecular weight excluding hydrogens is 297 g/mol. The third-order valence-electron chi connectivity index (χ3n) is 2.46. The molecule has 2 heterocycles. The van der Waals surface area contributed by atoms with Crippen molar-refractivity contribution < 1.29 is 0 Å². The molecule has 0 N–H and O–H groups in total. The standard InChI is InChI=1S/C10H13Cl2N3S2/c11-9-7-8(10(12)14-13-9)17-6-3-15-1-4-16-5-2-15/h7H,1-6H2. The summed E-state index contributed by atoms with van der Waals surface area (Å²) in [6.45, 7) is 3.46. The molecule has 0 amide bonds. The SMILES string of the molecule is Clc1cc(SCCN2CCSCC2)c(Cl)nn1. The van der Waals surface area contributed by atoms with Gasteiger partial charge in [0.2, 0.25) is 0 Å². The summed E-state index contributed by atoms with van der Waals surface area (Å²) in [5.74, 6) is 3.49. The van der Waals surface area contributed by atoms with E-state index in [-0.39, 0.29) is 0 Å². The molecule has 1 aliphatic heterocycles. The quantitative estimate of drug-likeness (QED) is 0.798. The highest BCUT2D eigenvalue weighted by Gasteiger charge is 2.11. The Hall–Kier alpha value is 0.320. The van der Waals surface area contributed by atoms with Crippen molar-refractivity contribution in [1.29, 1.82) is 0 Å². The predicted octanol–water partition coefficient (Wildman–Crippen LogP) is 2.92. The summed E-state index contributed by atoms with van der Waals surface area (Å²) >= 11 is 15.4. The molecule has 1 aromatic heterocycles. The first-order valence-electron chi connectivity index (χ1n) is 5.37. The van der Waals surface area contributed by atoms with Crippen LogP contribution in [0, 0.1) is 0 Å². The molecule has 3 nitrogen and oxygen atoms in total. The molecular formula is C10H13Cl2N3S2. The number of hydrogen-bond donors (Lipinski definition) is 0. The zero-order chi connectivity index (χ0) is 12.1. The summed E-state index contributed by atoms with van der Waals surface area (Å²) in [4.78, 5) is 3.39. The van der Waals surface area contributed by atoms with E-state index in [4.69, 9.17) is 23.2 Å². The maximum Gasteiger partial charge on any atom is 0.165 e. The van der Waals surface area contributed by atoms with Gasteiger partial charge in [0.1, 0.15) is 0 Å². The Labute approximate surface area is 120 Å². The predicted molar refractivity (Wildman–Crippen MR) is 76.5 cm³/mol. The summed E-state index contributed by atoms with van der Waals surface area (Å²) in [6, 6.07) is 1.77. The summed E-state index contributed by atoms with van der Waals surface area (Å²) in [7, 11) is 0. The first-order chi connectivity index (χ1) is 8.25. The van der Waals surface area contributed by atoms with Crippen LogP contribution < -0.4 is 0 Å². The summed E-state index contributed by atoms with van der Waals surface area (Å²) in [5, 5.41) is 8.32. The lowest BCUT2D eigenvalue weighted by Crippen LogP contribution is -2.34. The van der Waals surface area contributed by atoms with E-state index >= 15 is 0 Å². The third kappa shape index (κ3) is 4.48. The molecule has 2 rings (SSSR count). The first-order valence-corrected chi connectivity index (χ1v) is 8.27. The minimum absolute atomic E-state index is 0.395. The van der Waals surface area contributed by atoms with Gasteiger partial charge >= 0.3 is 0 Å². The van der Waals surface area contributed by atoms with Crippen LogP contribution in [0.3, 0.4) is 0 Å². The maximum absolute atomic E-state index is 5.95. The zero-order valence-corrected chi connectivity index (χ0v) is 12.4. The molecule has 0 aromatic carbocycles. The molecule has 0 bridgehead atoms. The highest BCUT2D eigenvalue weighted by molar-refractivity contribution is 7.99. The van der Waals surface area contributed by atoms with Gasteiger partial charge in [-0.3, -0.25) is 0 Å². The number of halogens is 2. The fraction of sp³-hybridized carbons (Fsp3) is 0.600. The first kappa shape index (κ1) is 13.7. The van der Waals surface area contributed by atoms with E-state index in [1.165, 1.54) is 24.6 Å². The molecule has 0 unspecified atom stereocenters. The van der Waals surface area contributed by atoms with Crippen molar-refractivity contribution in [3.63, 3.8) is 0 Å². The van der Waals surface area contributed by atoms with Gasteiger partial charge in [-0.15, -0.1) is 22.0 Å². The van der Waals surface area contributed by atoms with Crippen molar-refractivity contribution in [3.8, 4) is 0 Å². The molecule has 0 atom stereocenters. The van der Waals surface area contributed by atoms with Crippen molar-refractivity contribution in [3.05, 3.63) is 16.4 Å². The van der Waals surface area contributed by atoms with Crippen molar-refractivity contribution in [2.24, 2.45) is 0 Å². The van der Waals surface area contributed by atoms with E-state index in [1.54, 1.807) is 17.8 Å². The number of aromatic nitrogens is 2. The van der Waals surface area contributed by atoms with Crippen LogP contribution >= 0.6 is 46.7 Å². The van der Waals surface area contributed by atoms with E-state index in [0.29, 0.717) is 10.3 Å². The van der Waals surface area contributed by atoms with E-state index in [2.05, 4.69) is 15.1 Å². The summed E-state index contributed by atoms with van der Waals surface area (Å²) in [5.41, 5.74) is 0. The molecule has 1 fully saturated rings. The number of thioether (sulfide) groups is 2. The van der Waals surface area contributed by atoms with Gasteiger partial charge in [-0.25, -0.2) is 0 Å². The fourth-order valence-corrected chi connectivity index (χ4v) is 3.92. The lowest BCUT2D eigenvalue weighted by molar-refractivity contribution is 0.322. The summed E-state index contributed by atoms with van der Waals surface area (Å²) < 4.78 is 0. The number of hydrogen-bond acceptors (Lipinski definition) is 5. The van der Waals surface area contributed by atoms with Gasteiger partial charge in [0.15, 0.2) is 10.3 Å². The molecule has 94 valence electrons. The third-order valence-corrected chi connectivity index (χ3v) is 4.98. The Bertz CT molecular complexity index is 373. The maximum atomic E-state index is 5.95. The average Bonchev–Trinajstić information content (AvgIpc) is 2.35. The monoisotopic (exact) mass is 309 g/mol. The van der Waals surface area contributed by atoms with E-state index in [0.717, 1.165) is 17.2 Å². The minimum atomic E-state index is 0.395. The van der Waals surface area contributed by atoms with Gasteiger partial charge in [-0.1, -0.05) is 23.2 Å². The van der Waals surface area contributed by atoms with Crippen molar-refractivity contribution in [2.75, 3.05) is 36.9 Å². The van der Waals surface area contributed by atoms with Crippen LogP contribution in [0.15, 0.2) is 11.0 Å². The molecule has 7 heteroatoms. The molecule has 1 saturated heterocycles. The second kappa shape index (κ2) is 7.04. The van der Waals surface area contributed by atoms with Crippen molar-refractivity contribution >= 4 is 46.7 Å². The van der Waals surface area contributed by atoms with E-state index in [1.807, 2.05) is 11.8 Å². The van der Waals surface area contributed by atoms with Gasteiger partial charge in [-0.2, -0.15) is 11.8 Å².